The van der Waals surface area contributed by atoms with E-state index in [2.05, 4.69) is 158 Å². The lowest BCUT2D eigenvalue weighted by Gasteiger charge is -2.42. The molecule has 2 aliphatic carbocycles. The number of rotatable bonds is 22. The van der Waals surface area contributed by atoms with Crippen molar-refractivity contribution in [3.63, 3.8) is 0 Å². The molecule has 8 nitrogen and oxygen atoms in total. The highest BCUT2D eigenvalue weighted by Crippen LogP contribution is 2.44. The van der Waals surface area contributed by atoms with Crippen molar-refractivity contribution in [1.29, 1.82) is 0 Å². The standard InChI is InChI=1S/C38H53NO3Si.C35H45NO3/c1-9-38(10-2,34-16-17-35(29(4)23-34)32-24-30(26-39-27-32)25-36(40)41-5)33-15-14-31(28(3)22-33)18-21-37(42-43(6,7)8)19-12-11-13-20-37;1-6-35(7-2,30-12-11-28(25(3)19-30)15-18-34(38)16-9-8-10-17-34)31-13-14-32(26(4)20-31)29-21-27(23-36-24-29)22-33(37)39-5/h14-17,22-24,26-27H,9-13,18-21,25H2,1-8H3;11-14,19-21,23-24,38H,6-10,15-18,22H2,1-5H3. The minimum absolute atomic E-state index is 0.0525. The molecule has 82 heavy (non-hydrogen) atoms. The molecule has 2 fully saturated rings. The van der Waals surface area contributed by atoms with Gasteiger partial charge in [-0.15, -0.1) is 0 Å². The van der Waals surface area contributed by atoms with Gasteiger partial charge in [-0.3, -0.25) is 19.6 Å². The number of ether oxygens (including phenoxy) is 2. The molecule has 0 spiro atoms. The summed E-state index contributed by atoms with van der Waals surface area (Å²) in [4.78, 5) is 32.4. The Bertz CT molecular complexity index is 3100. The second-order valence-corrected chi connectivity index (χ2v) is 29.8. The van der Waals surface area contributed by atoms with Crippen LogP contribution in [-0.2, 0) is 60.0 Å². The smallest absolute Gasteiger partial charge is 0.310 e. The fraction of sp³-hybridized carbons (Fsp3) is 0.507. The van der Waals surface area contributed by atoms with E-state index in [1.807, 2.05) is 24.5 Å². The normalized spacial score (nSPS) is 15.3. The van der Waals surface area contributed by atoms with Gasteiger partial charge in [-0.1, -0.05) is 139 Å². The van der Waals surface area contributed by atoms with Crippen molar-refractivity contribution in [3.8, 4) is 22.3 Å². The minimum Gasteiger partial charge on any atom is -0.469 e. The van der Waals surface area contributed by atoms with Crippen LogP contribution in [0.2, 0.25) is 19.6 Å². The van der Waals surface area contributed by atoms with Crippen LogP contribution in [0, 0.1) is 27.7 Å². The molecule has 0 atom stereocenters. The number of carbonyl (C=O) groups excluding carboxylic acids is 2. The number of aromatic nitrogens is 2. The maximum atomic E-state index is 11.8. The fourth-order valence-electron chi connectivity index (χ4n) is 14.0. The van der Waals surface area contributed by atoms with Gasteiger partial charge >= 0.3 is 11.9 Å². The first-order chi connectivity index (χ1) is 39.2. The van der Waals surface area contributed by atoms with Gasteiger partial charge in [-0.05, 0) is 214 Å². The lowest BCUT2D eigenvalue weighted by molar-refractivity contribution is -0.140. The Balaban J connectivity index is 0.000000237. The van der Waals surface area contributed by atoms with E-state index in [9.17, 15) is 14.7 Å². The van der Waals surface area contributed by atoms with Gasteiger partial charge in [0.25, 0.3) is 0 Å². The molecule has 0 radical (unpaired) electrons. The molecule has 1 N–H and O–H groups in total. The van der Waals surface area contributed by atoms with E-state index in [0.29, 0.717) is 0 Å². The Hall–Kier alpha value is -5.74. The summed E-state index contributed by atoms with van der Waals surface area (Å²) in [5, 5.41) is 11.0. The third-order valence-electron chi connectivity index (χ3n) is 18.9. The van der Waals surface area contributed by atoms with Crippen molar-refractivity contribution in [2.45, 2.75) is 225 Å². The molecule has 0 amide bonds. The van der Waals surface area contributed by atoms with Gasteiger partial charge in [0.05, 0.1) is 38.3 Å². The summed E-state index contributed by atoms with van der Waals surface area (Å²) in [7, 11) is 1.21. The molecule has 2 heterocycles. The van der Waals surface area contributed by atoms with Crippen LogP contribution in [0.4, 0.5) is 0 Å². The number of nitrogens with zero attached hydrogens (tertiary/aromatic N) is 2. The minimum atomic E-state index is -1.61. The van der Waals surface area contributed by atoms with Crippen molar-refractivity contribution < 1.29 is 28.6 Å². The zero-order valence-corrected chi connectivity index (χ0v) is 53.4. The molecule has 2 saturated carbocycles. The summed E-state index contributed by atoms with van der Waals surface area (Å²) < 4.78 is 16.6. The fourth-order valence-corrected chi connectivity index (χ4v) is 15.6. The van der Waals surface area contributed by atoms with Crippen LogP contribution in [0.15, 0.2) is 110 Å². The van der Waals surface area contributed by atoms with Gasteiger partial charge in [0, 0.05) is 46.7 Å². The monoisotopic (exact) mass is 1130 g/mol. The van der Waals surface area contributed by atoms with Crippen LogP contribution >= 0.6 is 0 Å². The van der Waals surface area contributed by atoms with Gasteiger partial charge < -0.3 is 19.0 Å². The summed E-state index contributed by atoms with van der Waals surface area (Å²) in [6.07, 6.45) is 27.6. The topological polar surface area (TPSA) is 108 Å². The lowest BCUT2D eigenvalue weighted by Crippen LogP contribution is -2.44. The third-order valence-corrected chi connectivity index (χ3v) is 20.0. The van der Waals surface area contributed by atoms with E-state index in [1.165, 1.54) is 108 Å². The van der Waals surface area contributed by atoms with E-state index in [1.54, 1.807) is 12.4 Å². The van der Waals surface area contributed by atoms with Crippen molar-refractivity contribution in [2.75, 3.05) is 14.2 Å². The Morgan fingerprint density at radius 1 is 0.512 bits per heavy atom. The molecule has 2 aliphatic rings. The van der Waals surface area contributed by atoms with Crippen LogP contribution in [0.25, 0.3) is 22.3 Å². The molecule has 0 aliphatic heterocycles. The molecule has 0 unspecified atom stereocenters. The Morgan fingerprint density at radius 3 is 1.26 bits per heavy atom. The van der Waals surface area contributed by atoms with E-state index < -0.39 is 13.9 Å². The van der Waals surface area contributed by atoms with E-state index in [0.717, 1.165) is 110 Å². The number of hydrogen-bond acceptors (Lipinski definition) is 8. The highest BCUT2D eigenvalue weighted by molar-refractivity contribution is 6.69. The summed E-state index contributed by atoms with van der Waals surface area (Å²) in [6.45, 7) is 25.1. The van der Waals surface area contributed by atoms with Gasteiger partial charge in [0.1, 0.15) is 0 Å². The number of methoxy groups -OCH3 is 2. The SMILES string of the molecule is CCC(CC)(c1ccc(CCC2(O)CCCCC2)c(C)c1)c1ccc(-c2cncc(CC(=O)OC)c2)c(C)c1.CCC(CC)(c1ccc(CCC2(O[Si](C)(C)C)CCCCC2)c(C)c1)c1ccc(-c2cncc(CC(=O)OC)c2)c(C)c1. The summed E-state index contributed by atoms with van der Waals surface area (Å²) in [5.41, 5.74) is 18.9. The van der Waals surface area contributed by atoms with E-state index >= 15 is 0 Å². The first kappa shape index (κ1) is 63.8. The molecule has 6 aromatic rings. The zero-order valence-electron chi connectivity index (χ0n) is 52.4. The maximum absolute atomic E-state index is 11.8. The molecule has 8 rings (SSSR count). The summed E-state index contributed by atoms with van der Waals surface area (Å²) in [5.74, 6) is -0.515. The van der Waals surface area contributed by atoms with E-state index in [4.69, 9.17) is 13.9 Å². The summed E-state index contributed by atoms with van der Waals surface area (Å²) >= 11 is 0. The number of pyridine rings is 2. The number of hydrogen-bond donors (Lipinski definition) is 1. The molecule has 9 heteroatoms. The summed E-state index contributed by atoms with van der Waals surface area (Å²) in [6, 6.07) is 32.0. The number of benzene rings is 4. The van der Waals surface area contributed by atoms with Crippen LogP contribution in [0.5, 0.6) is 0 Å². The zero-order chi connectivity index (χ0) is 59.3. The lowest BCUT2D eigenvalue weighted by atomic mass is 9.69. The van der Waals surface area contributed by atoms with Crippen LogP contribution in [0.3, 0.4) is 0 Å². The third kappa shape index (κ3) is 15.5. The average molecular weight is 1130 g/mol. The van der Waals surface area contributed by atoms with Gasteiger partial charge in [-0.25, -0.2) is 0 Å². The maximum Gasteiger partial charge on any atom is 0.310 e. The molecule has 0 saturated heterocycles. The quantitative estimate of drug-likeness (QED) is 0.0529. The van der Waals surface area contributed by atoms with Crippen molar-refractivity contribution >= 4 is 20.3 Å². The Labute approximate surface area is 494 Å². The first-order valence-corrected chi connectivity index (χ1v) is 34.5. The molecule has 4 aromatic carbocycles. The average Bonchev–Trinajstić information content (AvgIpc) is 3.66. The predicted molar refractivity (Wildman–Crippen MR) is 340 cm³/mol. The number of esters is 2. The second-order valence-electron chi connectivity index (χ2n) is 25.3. The van der Waals surface area contributed by atoms with Crippen molar-refractivity contribution in [3.05, 3.63) is 176 Å². The number of aliphatic hydroxyl groups is 1. The van der Waals surface area contributed by atoms with Crippen LogP contribution in [0.1, 0.15) is 197 Å². The van der Waals surface area contributed by atoms with Gasteiger partial charge in [0.15, 0.2) is 8.32 Å². The van der Waals surface area contributed by atoms with Gasteiger partial charge in [0.2, 0.25) is 0 Å². The van der Waals surface area contributed by atoms with Crippen molar-refractivity contribution in [2.24, 2.45) is 0 Å². The molecule has 2 aromatic heterocycles. The van der Waals surface area contributed by atoms with Gasteiger partial charge in [-0.2, -0.15) is 0 Å². The van der Waals surface area contributed by atoms with Crippen LogP contribution in [-0.4, -0.2) is 60.8 Å². The second kappa shape index (κ2) is 28.2. The first-order valence-electron chi connectivity index (χ1n) is 31.0. The largest absolute Gasteiger partial charge is 0.469 e. The Morgan fingerprint density at radius 2 is 0.890 bits per heavy atom. The molecular weight excluding hydrogens is 1030 g/mol. The van der Waals surface area contributed by atoms with E-state index in [-0.39, 0.29) is 41.2 Å². The predicted octanol–water partition coefficient (Wildman–Crippen LogP) is 17.5. The highest BCUT2D eigenvalue weighted by atomic mass is 28.4. The highest BCUT2D eigenvalue weighted by Gasteiger charge is 2.38. The number of carbonyl (C=O) groups is 2. The van der Waals surface area contributed by atoms with Crippen molar-refractivity contribution in [1.82, 2.24) is 9.97 Å². The Kier molecular flexibility index (Phi) is 22.0. The number of aryl methyl sites for hydroxylation is 6. The molecule has 0 bridgehead atoms. The van der Waals surface area contributed by atoms with Crippen LogP contribution < -0.4 is 0 Å². The molecular formula is C73H98N2O6Si. The molecule has 440 valence electrons.